The summed E-state index contributed by atoms with van der Waals surface area (Å²) in [7, 11) is 2.09. The van der Waals surface area contributed by atoms with E-state index in [1.54, 1.807) is 6.07 Å². The van der Waals surface area contributed by atoms with Crippen LogP contribution in [0.15, 0.2) is 59.1 Å². The lowest BCUT2D eigenvalue weighted by Gasteiger charge is -2.30. The third kappa shape index (κ3) is 5.09. The van der Waals surface area contributed by atoms with Gasteiger partial charge in [-0.3, -0.25) is 0 Å². The van der Waals surface area contributed by atoms with E-state index in [0.29, 0.717) is 11.1 Å². The largest absolute Gasteiger partial charge is 0.454 e. The zero-order valence-corrected chi connectivity index (χ0v) is 29.4. The number of hydrogen-bond donors (Lipinski definition) is 0. The van der Waals surface area contributed by atoms with E-state index in [-0.39, 0.29) is 22.1 Å². The zero-order chi connectivity index (χ0) is 33.7. The molecule has 2 aromatic heterocycles. The van der Waals surface area contributed by atoms with Crippen molar-refractivity contribution in [1.82, 2.24) is 0 Å². The van der Waals surface area contributed by atoms with Crippen molar-refractivity contribution in [3.05, 3.63) is 88.4 Å². The number of aryl methyl sites for hydroxylation is 2. The fourth-order valence-electron chi connectivity index (χ4n) is 9.17. The summed E-state index contributed by atoms with van der Waals surface area (Å²) in [6, 6.07) is 16.6. The van der Waals surface area contributed by atoms with Gasteiger partial charge in [0.1, 0.15) is 24.0 Å². The van der Waals surface area contributed by atoms with Gasteiger partial charge in [-0.05, 0) is 100 Å². The Morgan fingerprint density at radius 3 is 2.22 bits per heavy atom. The number of rotatable bonds is 4. The highest BCUT2D eigenvalue weighted by atomic mass is 19.1. The third-order valence-electron chi connectivity index (χ3n) is 10.7. The third-order valence-corrected chi connectivity index (χ3v) is 10.7. The molecule has 5 aromatic rings. The topological polar surface area (TPSA) is 17.0 Å². The highest BCUT2D eigenvalue weighted by molar-refractivity contribution is 6.13. The molecule has 0 unspecified atom stereocenters. The lowest BCUT2D eigenvalue weighted by Crippen LogP contribution is -2.31. The number of furan rings is 1. The van der Waals surface area contributed by atoms with Crippen molar-refractivity contribution in [3.63, 3.8) is 0 Å². The van der Waals surface area contributed by atoms with Crippen LogP contribution < -0.4 is 4.57 Å². The zero-order valence-electron chi connectivity index (χ0n) is 30.4. The molecule has 2 aliphatic carbocycles. The van der Waals surface area contributed by atoms with E-state index in [4.69, 9.17) is 4.42 Å². The molecule has 0 atom stereocenters. The van der Waals surface area contributed by atoms with E-state index in [1.807, 2.05) is 6.07 Å². The van der Waals surface area contributed by atoms with E-state index in [1.165, 1.54) is 23.1 Å². The van der Waals surface area contributed by atoms with Crippen molar-refractivity contribution in [3.8, 4) is 22.4 Å². The van der Waals surface area contributed by atoms with Crippen molar-refractivity contribution in [1.29, 1.82) is 0 Å². The van der Waals surface area contributed by atoms with Gasteiger partial charge in [0.25, 0.3) is 0 Å². The Morgan fingerprint density at radius 1 is 0.870 bits per heavy atom. The summed E-state index contributed by atoms with van der Waals surface area (Å²) in [5.74, 6) is -0.854. The predicted octanol–water partition coefficient (Wildman–Crippen LogP) is 11.8. The smallest absolute Gasteiger partial charge is 0.216 e. The molecule has 1 fully saturated rings. The number of pyridine rings is 1. The first-order chi connectivity index (χ1) is 22.0. The first-order valence-corrected chi connectivity index (χ1v) is 17.3. The maximum atomic E-state index is 16.5. The first kappa shape index (κ1) is 29.9. The standard InChI is InChI=1S/C43H51FNO/c1-26-15-16-30-31-19-20-33(44)36(40(31)46-39(30)35(26)34-23-27(21-22-45(34)9)24-41(2,3)4)32-18-17-29(28-13-11-10-12-14-28)37-38(32)43(7,8)25-42(37,5)6/h15-23,28H,10-14,24-25H2,1-9H3/q+1/i28D. The highest BCUT2D eigenvalue weighted by Crippen LogP contribution is 2.57. The molecular formula is C43H51FNO+. The Labute approximate surface area is 276 Å². The summed E-state index contributed by atoms with van der Waals surface area (Å²) < 4.78 is 35.2. The molecule has 2 heterocycles. The number of aromatic nitrogens is 1. The second-order valence-electron chi connectivity index (χ2n) is 16.8. The average Bonchev–Trinajstić information content (AvgIpc) is 3.44. The minimum Gasteiger partial charge on any atom is -0.454 e. The summed E-state index contributed by atoms with van der Waals surface area (Å²) in [6.45, 7) is 18.2. The van der Waals surface area contributed by atoms with Gasteiger partial charge in [0, 0.05) is 24.3 Å². The predicted molar refractivity (Wildman–Crippen MR) is 190 cm³/mol. The number of fused-ring (bicyclic) bond motifs is 4. The monoisotopic (exact) mass is 617 g/mol. The molecule has 0 bridgehead atoms. The van der Waals surface area contributed by atoms with Crippen molar-refractivity contribution >= 4 is 21.9 Å². The van der Waals surface area contributed by atoms with Gasteiger partial charge in [-0.15, -0.1) is 0 Å². The lowest BCUT2D eigenvalue weighted by atomic mass is 9.74. The minimum atomic E-state index is -0.591. The molecule has 0 radical (unpaired) electrons. The van der Waals surface area contributed by atoms with Gasteiger partial charge in [0.05, 0.1) is 11.1 Å². The summed E-state index contributed by atoms with van der Waals surface area (Å²) in [4.78, 5) is 0. The molecule has 2 nitrogen and oxygen atoms in total. The number of nitrogens with zero attached hydrogens (tertiary/aromatic N) is 1. The van der Waals surface area contributed by atoms with Crippen molar-refractivity contribution in [2.45, 2.75) is 117 Å². The van der Waals surface area contributed by atoms with Crippen LogP contribution in [0.3, 0.4) is 0 Å². The number of benzene rings is 3. The molecule has 0 spiro atoms. The molecule has 0 amide bonds. The van der Waals surface area contributed by atoms with Gasteiger partial charge >= 0.3 is 0 Å². The Balaban J connectivity index is 1.51. The first-order valence-electron chi connectivity index (χ1n) is 17.8. The highest BCUT2D eigenvalue weighted by Gasteiger charge is 2.46. The van der Waals surface area contributed by atoms with Crippen molar-refractivity contribution in [2.75, 3.05) is 0 Å². The Bertz CT molecular complexity index is 2050. The van der Waals surface area contributed by atoms with Crippen LogP contribution in [0.5, 0.6) is 0 Å². The number of hydrogen-bond acceptors (Lipinski definition) is 1. The van der Waals surface area contributed by atoms with Crippen molar-refractivity contribution in [2.24, 2.45) is 12.5 Å². The van der Waals surface area contributed by atoms with E-state index in [2.05, 4.69) is 110 Å². The van der Waals surface area contributed by atoms with Gasteiger partial charge in [-0.2, -0.15) is 0 Å². The SMILES string of the molecule is [2H]C1(c2ccc(-c3c(F)ccc4c3oc3c(-c5cc(CC(C)(C)C)cc[n+]5C)c(C)ccc34)c3c2C(C)(C)CC3(C)C)CCCCC1. The van der Waals surface area contributed by atoms with Crippen LogP contribution in [0.2, 0.25) is 0 Å². The molecule has 0 saturated heterocycles. The molecule has 1 saturated carbocycles. The molecule has 0 N–H and O–H groups in total. The maximum Gasteiger partial charge on any atom is 0.216 e. The normalized spacial score (nSPS) is 19.0. The summed E-state index contributed by atoms with van der Waals surface area (Å²) in [5.41, 5.74) is 10.9. The second kappa shape index (κ2) is 10.8. The summed E-state index contributed by atoms with van der Waals surface area (Å²) in [5, 5.41) is 1.94. The Morgan fingerprint density at radius 2 is 1.52 bits per heavy atom. The minimum absolute atomic E-state index is 0.120. The Hall–Kier alpha value is -3.46. The van der Waals surface area contributed by atoms with Gasteiger partial charge in [-0.1, -0.05) is 92.0 Å². The van der Waals surface area contributed by atoms with Crippen LogP contribution in [-0.2, 0) is 24.3 Å². The van der Waals surface area contributed by atoms with Crippen LogP contribution in [0.4, 0.5) is 4.39 Å². The average molecular weight is 618 g/mol. The Kier molecular flexibility index (Phi) is 7.02. The van der Waals surface area contributed by atoms with Crippen molar-refractivity contribution < 1.29 is 14.7 Å². The van der Waals surface area contributed by atoms with E-state index in [9.17, 15) is 1.37 Å². The molecule has 7 rings (SSSR count). The fourth-order valence-corrected chi connectivity index (χ4v) is 9.17. The van der Waals surface area contributed by atoms with Crippen LogP contribution in [0.25, 0.3) is 44.3 Å². The summed E-state index contributed by atoms with van der Waals surface area (Å²) >= 11 is 0. The van der Waals surface area contributed by atoms with Gasteiger partial charge in [-0.25, -0.2) is 8.96 Å². The quantitative estimate of drug-likeness (QED) is 0.183. The maximum absolute atomic E-state index is 16.5. The molecular weight excluding hydrogens is 565 g/mol. The molecule has 240 valence electrons. The molecule has 46 heavy (non-hydrogen) atoms. The summed E-state index contributed by atoms with van der Waals surface area (Å²) in [6.07, 6.45) is 9.23. The molecule has 2 aliphatic rings. The number of halogens is 1. The fraction of sp³-hybridized carbons (Fsp3) is 0.465. The van der Waals surface area contributed by atoms with Gasteiger partial charge < -0.3 is 4.42 Å². The van der Waals surface area contributed by atoms with Crippen LogP contribution >= 0.6 is 0 Å². The lowest BCUT2D eigenvalue weighted by molar-refractivity contribution is -0.660. The van der Waals surface area contributed by atoms with E-state index in [0.717, 1.165) is 82.8 Å². The van der Waals surface area contributed by atoms with Gasteiger partial charge in [0.15, 0.2) is 6.20 Å². The second-order valence-corrected chi connectivity index (χ2v) is 16.8. The molecule has 3 heteroatoms. The van der Waals surface area contributed by atoms with E-state index < -0.39 is 5.89 Å². The van der Waals surface area contributed by atoms with Crippen LogP contribution in [0.1, 0.15) is 122 Å². The van der Waals surface area contributed by atoms with Crippen LogP contribution in [-0.4, -0.2) is 0 Å². The van der Waals surface area contributed by atoms with Gasteiger partial charge in [0.2, 0.25) is 5.69 Å². The van der Waals surface area contributed by atoms with E-state index >= 15 is 4.39 Å². The molecule has 3 aromatic carbocycles. The van der Waals surface area contributed by atoms with Crippen LogP contribution in [0, 0.1) is 18.2 Å². The molecule has 0 aliphatic heterocycles.